The number of benzene rings is 1. The predicted octanol–water partition coefficient (Wildman–Crippen LogP) is 3.23. The van der Waals surface area contributed by atoms with E-state index >= 15 is 0 Å². The predicted molar refractivity (Wildman–Crippen MR) is 97.0 cm³/mol. The smallest absolute Gasteiger partial charge is 0.270 e. The first kappa shape index (κ1) is 16.2. The van der Waals surface area contributed by atoms with Gasteiger partial charge in [0, 0.05) is 10.6 Å². The Morgan fingerprint density at radius 3 is 2.58 bits per heavy atom. The summed E-state index contributed by atoms with van der Waals surface area (Å²) in [6, 6.07) is 13.2. The SMILES string of the molecule is NC(=O)c1nc(Nc2ccccc2)sc1NC(=O)Cc1cccs1. The summed E-state index contributed by atoms with van der Waals surface area (Å²) in [5.74, 6) is -0.895. The Morgan fingerprint density at radius 2 is 1.92 bits per heavy atom. The van der Waals surface area contributed by atoms with Gasteiger partial charge in [-0.15, -0.1) is 11.3 Å². The maximum absolute atomic E-state index is 12.1. The number of thiazole rings is 1. The lowest BCUT2D eigenvalue weighted by molar-refractivity contribution is -0.115. The highest BCUT2D eigenvalue weighted by atomic mass is 32.1. The first-order valence-corrected chi connectivity index (χ1v) is 8.76. The third kappa shape index (κ3) is 3.98. The van der Waals surface area contributed by atoms with Crippen LogP contribution in [0, 0.1) is 0 Å². The van der Waals surface area contributed by atoms with E-state index in [1.165, 1.54) is 22.7 Å². The number of nitrogens with zero attached hydrogens (tertiary/aromatic N) is 1. The Morgan fingerprint density at radius 1 is 1.12 bits per heavy atom. The standard InChI is InChI=1S/C16H14N4O2S2/c17-14(22)13-15(19-12(21)9-11-7-4-8-23-11)24-16(20-13)18-10-5-2-1-3-6-10/h1-8H,9H2,(H2,17,22)(H,18,20)(H,19,21). The fraction of sp³-hybridized carbons (Fsp3) is 0.0625. The summed E-state index contributed by atoms with van der Waals surface area (Å²) >= 11 is 2.67. The average Bonchev–Trinajstić information content (AvgIpc) is 3.18. The van der Waals surface area contributed by atoms with Crippen molar-refractivity contribution in [3.63, 3.8) is 0 Å². The number of hydrogen-bond acceptors (Lipinski definition) is 6. The molecule has 0 saturated carbocycles. The van der Waals surface area contributed by atoms with E-state index in [2.05, 4.69) is 15.6 Å². The van der Waals surface area contributed by atoms with Crippen molar-refractivity contribution in [1.82, 2.24) is 4.98 Å². The topological polar surface area (TPSA) is 97.1 Å². The molecule has 8 heteroatoms. The van der Waals surface area contributed by atoms with Gasteiger partial charge in [-0.2, -0.15) is 0 Å². The third-order valence-electron chi connectivity index (χ3n) is 3.05. The molecule has 3 rings (SSSR count). The van der Waals surface area contributed by atoms with Gasteiger partial charge in [0.25, 0.3) is 5.91 Å². The summed E-state index contributed by atoms with van der Waals surface area (Å²) in [6.45, 7) is 0. The van der Waals surface area contributed by atoms with Crippen LogP contribution in [0.3, 0.4) is 0 Å². The second-order valence-electron chi connectivity index (χ2n) is 4.86. The van der Waals surface area contributed by atoms with Gasteiger partial charge in [0.2, 0.25) is 5.91 Å². The fourth-order valence-corrected chi connectivity index (χ4v) is 3.62. The zero-order chi connectivity index (χ0) is 16.9. The molecule has 2 amide bonds. The lowest BCUT2D eigenvalue weighted by Gasteiger charge is -2.02. The van der Waals surface area contributed by atoms with Gasteiger partial charge in [0.15, 0.2) is 10.8 Å². The molecule has 0 bridgehead atoms. The third-order valence-corrected chi connectivity index (χ3v) is 4.82. The second-order valence-corrected chi connectivity index (χ2v) is 6.89. The molecule has 2 aromatic heterocycles. The molecule has 24 heavy (non-hydrogen) atoms. The molecule has 0 aliphatic rings. The van der Waals surface area contributed by atoms with E-state index < -0.39 is 5.91 Å². The zero-order valence-electron chi connectivity index (χ0n) is 12.5. The van der Waals surface area contributed by atoms with E-state index in [0.717, 1.165) is 10.6 Å². The molecule has 0 saturated heterocycles. The maximum Gasteiger partial charge on any atom is 0.270 e. The normalized spacial score (nSPS) is 10.3. The largest absolute Gasteiger partial charge is 0.364 e. The van der Waals surface area contributed by atoms with Crippen molar-refractivity contribution in [2.24, 2.45) is 5.73 Å². The van der Waals surface area contributed by atoms with Crippen LogP contribution in [0.4, 0.5) is 15.8 Å². The van der Waals surface area contributed by atoms with Gasteiger partial charge in [0.1, 0.15) is 5.00 Å². The Labute approximate surface area is 146 Å². The minimum Gasteiger partial charge on any atom is -0.364 e. The lowest BCUT2D eigenvalue weighted by Crippen LogP contribution is -2.18. The molecule has 3 aromatic rings. The number of anilines is 3. The zero-order valence-corrected chi connectivity index (χ0v) is 14.1. The highest BCUT2D eigenvalue weighted by Gasteiger charge is 2.18. The number of hydrogen-bond donors (Lipinski definition) is 3. The van der Waals surface area contributed by atoms with E-state index in [-0.39, 0.29) is 18.0 Å². The van der Waals surface area contributed by atoms with Crippen LogP contribution in [0.1, 0.15) is 15.4 Å². The van der Waals surface area contributed by atoms with Crippen LogP contribution in [-0.4, -0.2) is 16.8 Å². The average molecular weight is 358 g/mol. The van der Waals surface area contributed by atoms with Gasteiger partial charge >= 0.3 is 0 Å². The molecule has 0 aliphatic carbocycles. The van der Waals surface area contributed by atoms with Crippen LogP contribution in [0.5, 0.6) is 0 Å². The first-order valence-electron chi connectivity index (χ1n) is 7.07. The highest BCUT2D eigenvalue weighted by Crippen LogP contribution is 2.30. The molecule has 0 atom stereocenters. The number of para-hydroxylation sites is 1. The summed E-state index contributed by atoms with van der Waals surface area (Å²) in [6.07, 6.45) is 0.245. The number of primary amides is 1. The molecular weight excluding hydrogens is 344 g/mol. The number of amides is 2. The van der Waals surface area contributed by atoms with Crippen molar-refractivity contribution in [2.75, 3.05) is 10.6 Å². The number of nitrogens with two attached hydrogens (primary N) is 1. The van der Waals surface area contributed by atoms with Crippen LogP contribution in [0.15, 0.2) is 47.8 Å². The van der Waals surface area contributed by atoms with Gasteiger partial charge in [-0.25, -0.2) is 4.98 Å². The van der Waals surface area contributed by atoms with E-state index in [4.69, 9.17) is 5.73 Å². The van der Waals surface area contributed by atoms with Crippen LogP contribution in [0.25, 0.3) is 0 Å². The molecule has 122 valence electrons. The number of thiophene rings is 1. The molecule has 0 fully saturated rings. The van der Waals surface area contributed by atoms with Crippen molar-refractivity contribution >= 4 is 50.3 Å². The number of nitrogens with one attached hydrogen (secondary N) is 2. The molecule has 0 unspecified atom stereocenters. The van der Waals surface area contributed by atoms with E-state index in [1.54, 1.807) is 0 Å². The van der Waals surface area contributed by atoms with E-state index in [0.29, 0.717) is 10.1 Å². The van der Waals surface area contributed by atoms with Gasteiger partial charge in [0.05, 0.1) is 6.42 Å². The molecule has 1 aromatic carbocycles. The van der Waals surface area contributed by atoms with E-state index in [9.17, 15) is 9.59 Å². The summed E-state index contributed by atoms with van der Waals surface area (Å²) in [5.41, 5.74) is 6.25. The molecule has 6 nitrogen and oxygen atoms in total. The van der Waals surface area contributed by atoms with Gasteiger partial charge in [-0.1, -0.05) is 35.6 Å². The molecule has 0 spiro atoms. The molecule has 0 aliphatic heterocycles. The minimum absolute atomic E-state index is 0.0537. The number of carbonyl (C=O) groups excluding carboxylic acids is 2. The lowest BCUT2D eigenvalue weighted by atomic mass is 10.3. The summed E-state index contributed by atoms with van der Waals surface area (Å²) < 4.78 is 0. The van der Waals surface area contributed by atoms with Crippen LogP contribution < -0.4 is 16.4 Å². The van der Waals surface area contributed by atoms with Crippen LogP contribution in [-0.2, 0) is 11.2 Å². The molecular formula is C16H14N4O2S2. The van der Waals surface area contributed by atoms with Crippen molar-refractivity contribution in [3.8, 4) is 0 Å². The summed E-state index contributed by atoms with van der Waals surface area (Å²) in [4.78, 5) is 28.8. The van der Waals surface area contributed by atoms with Crippen molar-refractivity contribution in [1.29, 1.82) is 0 Å². The van der Waals surface area contributed by atoms with Crippen molar-refractivity contribution in [3.05, 3.63) is 58.4 Å². The number of carbonyl (C=O) groups is 2. The summed E-state index contributed by atoms with van der Waals surface area (Å²) in [5, 5.41) is 8.55. The first-order chi connectivity index (χ1) is 11.6. The highest BCUT2D eigenvalue weighted by molar-refractivity contribution is 7.20. The monoisotopic (exact) mass is 358 g/mol. The minimum atomic E-state index is -0.682. The second kappa shape index (κ2) is 7.24. The van der Waals surface area contributed by atoms with E-state index in [1.807, 2.05) is 47.8 Å². The Bertz CT molecular complexity index is 844. The quantitative estimate of drug-likeness (QED) is 0.630. The van der Waals surface area contributed by atoms with Gasteiger partial charge < -0.3 is 16.4 Å². The van der Waals surface area contributed by atoms with Crippen LogP contribution >= 0.6 is 22.7 Å². The molecule has 0 radical (unpaired) electrons. The fourth-order valence-electron chi connectivity index (χ4n) is 2.01. The van der Waals surface area contributed by atoms with Crippen LogP contribution in [0.2, 0.25) is 0 Å². The number of aromatic nitrogens is 1. The number of rotatable bonds is 6. The Balaban J connectivity index is 1.76. The van der Waals surface area contributed by atoms with Crippen molar-refractivity contribution in [2.45, 2.75) is 6.42 Å². The van der Waals surface area contributed by atoms with Gasteiger partial charge in [-0.3, -0.25) is 9.59 Å². The molecule has 4 N–H and O–H groups in total. The van der Waals surface area contributed by atoms with Gasteiger partial charge in [-0.05, 0) is 23.6 Å². The maximum atomic E-state index is 12.1. The Kier molecular flexibility index (Phi) is 4.88. The Hall–Kier alpha value is -2.71. The van der Waals surface area contributed by atoms with Crippen molar-refractivity contribution < 1.29 is 9.59 Å². The molecule has 2 heterocycles. The summed E-state index contributed by atoms with van der Waals surface area (Å²) in [7, 11) is 0.